The zero-order chi connectivity index (χ0) is 11.3. The van der Waals surface area contributed by atoms with E-state index in [-0.39, 0.29) is 18.4 Å². The van der Waals surface area contributed by atoms with Crippen molar-refractivity contribution < 1.29 is 9.53 Å². The molecule has 0 aliphatic rings. The highest BCUT2D eigenvalue weighted by Crippen LogP contribution is 2.14. The first-order valence-electron chi connectivity index (χ1n) is 4.50. The molecule has 0 aromatic heterocycles. The van der Waals surface area contributed by atoms with Crippen molar-refractivity contribution >= 4 is 5.97 Å². The van der Waals surface area contributed by atoms with Crippen LogP contribution in [0.5, 0.6) is 0 Å². The number of ether oxygens (including phenoxy) is 1. The lowest BCUT2D eigenvalue weighted by atomic mass is 10.0. The van der Waals surface area contributed by atoms with Crippen molar-refractivity contribution in [1.82, 2.24) is 0 Å². The molecule has 1 atom stereocenters. The number of nitrogens with zero attached hydrogens (tertiary/aromatic N) is 1. The highest BCUT2D eigenvalue weighted by Gasteiger charge is 2.11. The number of benzene rings is 1. The third-order valence-electron chi connectivity index (χ3n) is 2.08. The monoisotopic (exact) mass is 204 g/mol. The van der Waals surface area contributed by atoms with Gasteiger partial charge in [0.25, 0.3) is 0 Å². The Hall–Kier alpha value is -1.86. The van der Waals surface area contributed by atoms with Crippen LogP contribution in [-0.2, 0) is 9.53 Å². The first kappa shape index (κ1) is 11.2. The summed E-state index contributed by atoms with van der Waals surface area (Å²) < 4.78 is 4.52. The Kier molecular flexibility index (Phi) is 3.83. The molecule has 0 spiro atoms. The molecule has 0 saturated heterocycles. The molecule has 0 saturated carbocycles. The summed E-state index contributed by atoms with van der Waals surface area (Å²) in [5.41, 5.74) is 7.17. The molecule has 15 heavy (non-hydrogen) atoms. The number of esters is 1. The minimum atomic E-state index is -0.384. The summed E-state index contributed by atoms with van der Waals surface area (Å²) in [5, 5.41) is 8.60. The summed E-state index contributed by atoms with van der Waals surface area (Å²) in [6.07, 6.45) is 0.141. The smallest absolute Gasteiger partial charge is 0.307 e. The quantitative estimate of drug-likeness (QED) is 0.748. The van der Waals surface area contributed by atoms with Crippen molar-refractivity contribution in [1.29, 1.82) is 5.26 Å². The number of carbonyl (C=O) groups excluding carboxylic acids is 1. The molecular weight excluding hydrogens is 192 g/mol. The number of nitriles is 1. The molecule has 0 aliphatic heterocycles. The number of hydrogen-bond acceptors (Lipinski definition) is 4. The standard InChI is InChI=1S/C11H12N2O2/c1-15-11(14)6-10(13)9-4-2-8(7-12)3-5-9/h2-5,10H,6,13H2,1H3/t10-/m0/s1. The number of carbonyl (C=O) groups is 1. The van der Waals surface area contributed by atoms with Crippen LogP contribution in [0.1, 0.15) is 23.6 Å². The Morgan fingerprint density at radius 2 is 2.13 bits per heavy atom. The molecule has 78 valence electrons. The van der Waals surface area contributed by atoms with Gasteiger partial charge in [-0.1, -0.05) is 12.1 Å². The molecule has 1 aromatic carbocycles. The van der Waals surface area contributed by atoms with E-state index in [0.29, 0.717) is 5.56 Å². The maximum absolute atomic E-state index is 11.0. The normalized spacial score (nSPS) is 11.5. The molecule has 1 aromatic rings. The van der Waals surface area contributed by atoms with Gasteiger partial charge < -0.3 is 10.5 Å². The van der Waals surface area contributed by atoms with Gasteiger partial charge in [0.1, 0.15) is 0 Å². The van der Waals surface area contributed by atoms with E-state index in [0.717, 1.165) is 5.56 Å². The third kappa shape index (κ3) is 3.08. The van der Waals surface area contributed by atoms with Crippen LogP contribution in [0.2, 0.25) is 0 Å². The lowest BCUT2D eigenvalue weighted by Crippen LogP contribution is -2.16. The predicted octanol–water partition coefficient (Wildman–Crippen LogP) is 1.12. The Bertz CT molecular complexity index is 379. The minimum absolute atomic E-state index is 0.141. The van der Waals surface area contributed by atoms with Crippen molar-refractivity contribution in [3.05, 3.63) is 35.4 Å². The fraction of sp³-hybridized carbons (Fsp3) is 0.273. The fourth-order valence-corrected chi connectivity index (χ4v) is 1.19. The third-order valence-corrected chi connectivity index (χ3v) is 2.08. The van der Waals surface area contributed by atoms with Gasteiger partial charge in [0, 0.05) is 6.04 Å². The van der Waals surface area contributed by atoms with Crippen molar-refractivity contribution in [2.75, 3.05) is 7.11 Å². The molecule has 0 heterocycles. The number of rotatable bonds is 3. The lowest BCUT2D eigenvalue weighted by Gasteiger charge is -2.10. The van der Waals surface area contributed by atoms with Crippen LogP contribution in [0.3, 0.4) is 0 Å². The summed E-state index contributed by atoms with van der Waals surface area (Å²) in [5.74, 6) is -0.341. The van der Waals surface area contributed by atoms with Crippen LogP contribution in [-0.4, -0.2) is 13.1 Å². The zero-order valence-corrected chi connectivity index (χ0v) is 8.43. The van der Waals surface area contributed by atoms with Crippen LogP contribution < -0.4 is 5.73 Å². The van der Waals surface area contributed by atoms with Gasteiger partial charge in [-0.15, -0.1) is 0 Å². The molecule has 2 N–H and O–H groups in total. The molecule has 4 nitrogen and oxygen atoms in total. The summed E-state index contributed by atoms with van der Waals surface area (Å²) in [6, 6.07) is 8.46. The van der Waals surface area contributed by atoms with E-state index in [1.54, 1.807) is 24.3 Å². The molecule has 0 fully saturated rings. The molecule has 0 radical (unpaired) electrons. The van der Waals surface area contributed by atoms with Crippen LogP contribution in [0.4, 0.5) is 0 Å². The SMILES string of the molecule is COC(=O)C[C@H](N)c1ccc(C#N)cc1. The molecule has 0 aliphatic carbocycles. The Morgan fingerprint density at radius 1 is 1.53 bits per heavy atom. The van der Waals surface area contributed by atoms with E-state index in [9.17, 15) is 4.79 Å². The number of methoxy groups -OCH3 is 1. The summed E-state index contributed by atoms with van der Waals surface area (Å²) in [7, 11) is 1.33. The van der Waals surface area contributed by atoms with E-state index in [4.69, 9.17) is 11.0 Å². The largest absolute Gasteiger partial charge is 0.469 e. The fourth-order valence-electron chi connectivity index (χ4n) is 1.19. The van der Waals surface area contributed by atoms with Gasteiger partial charge >= 0.3 is 5.97 Å². The van der Waals surface area contributed by atoms with E-state index < -0.39 is 0 Å². The van der Waals surface area contributed by atoms with Crippen LogP contribution in [0, 0.1) is 11.3 Å². The highest BCUT2D eigenvalue weighted by atomic mass is 16.5. The minimum Gasteiger partial charge on any atom is -0.469 e. The zero-order valence-electron chi connectivity index (χ0n) is 8.43. The predicted molar refractivity (Wildman–Crippen MR) is 54.7 cm³/mol. The van der Waals surface area contributed by atoms with E-state index in [1.807, 2.05) is 6.07 Å². The maximum atomic E-state index is 11.0. The topological polar surface area (TPSA) is 76.1 Å². The molecule has 1 rings (SSSR count). The first-order chi connectivity index (χ1) is 7.17. The molecule has 0 bridgehead atoms. The van der Waals surface area contributed by atoms with E-state index >= 15 is 0 Å². The Balaban J connectivity index is 2.70. The van der Waals surface area contributed by atoms with Crippen molar-refractivity contribution in [3.63, 3.8) is 0 Å². The second kappa shape index (κ2) is 5.13. The number of nitrogens with two attached hydrogens (primary N) is 1. The summed E-state index contributed by atoms with van der Waals surface area (Å²) in [6.45, 7) is 0. The van der Waals surface area contributed by atoms with Gasteiger partial charge in [-0.2, -0.15) is 5.26 Å². The van der Waals surface area contributed by atoms with Crippen LogP contribution in [0.15, 0.2) is 24.3 Å². The Morgan fingerprint density at radius 3 is 2.60 bits per heavy atom. The van der Waals surface area contributed by atoms with Crippen LogP contribution in [0.25, 0.3) is 0 Å². The van der Waals surface area contributed by atoms with E-state index in [2.05, 4.69) is 4.74 Å². The summed E-state index contributed by atoms with van der Waals surface area (Å²) in [4.78, 5) is 11.0. The summed E-state index contributed by atoms with van der Waals surface area (Å²) >= 11 is 0. The van der Waals surface area contributed by atoms with Crippen molar-refractivity contribution in [2.45, 2.75) is 12.5 Å². The number of hydrogen-bond donors (Lipinski definition) is 1. The molecule has 0 unspecified atom stereocenters. The van der Waals surface area contributed by atoms with Crippen LogP contribution >= 0.6 is 0 Å². The molecule has 4 heteroatoms. The van der Waals surface area contributed by atoms with Gasteiger partial charge in [0.2, 0.25) is 0 Å². The van der Waals surface area contributed by atoms with Gasteiger partial charge in [-0.25, -0.2) is 0 Å². The highest BCUT2D eigenvalue weighted by molar-refractivity contribution is 5.70. The Labute approximate surface area is 88.3 Å². The van der Waals surface area contributed by atoms with Gasteiger partial charge in [-0.3, -0.25) is 4.79 Å². The second-order valence-electron chi connectivity index (χ2n) is 3.12. The molecule has 0 amide bonds. The average Bonchev–Trinajstić information content (AvgIpc) is 2.29. The molecular formula is C11H12N2O2. The van der Waals surface area contributed by atoms with Crippen molar-refractivity contribution in [2.24, 2.45) is 5.73 Å². The average molecular weight is 204 g/mol. The second-order valence-corrected chi connectivity index (χ2v) is 3.12. The van der Waals surface area contributed by atoms with Gasteiger partial charge in [-0.05, 0) is 17.7 Å². The van der Waals surface area contributed by atoms with Gasteiger partial charge in [0.15, 0.2) is 0 Å². The van der Waals surface area contributed by atoms with E-state index in [1.165, 1.54) is 7.11 Å². The first-order valence-corrected chi connectivity index (χ1v) is 4.50. The van der Waals surface area contributed by atoms with Crippen molar-refractivity contribution in [3.8, 4) is 6.07 Å². The lowest BCUT2D eigenvalue weighted by molar-refractivity contribution is -0.141. The maximum Gasteiger partial charge on any atom is 0.307 e. The van der Waals surface area contributed by atoms with Gasteiger partial charge in [0.05, 0.1) is 25.2 Å².